The largest absolute Gasteiger partial charge is 0.448 e. The standard InChI is InChI=1S/C10H11NO2/c1-8(12)13-10-5-3-2-4-9(10)11-7-6-10/h2-4,6-7,11H,5H2,1H3. The van der Waals surface area contributed by atoms with Crippen LogP contribution in [-0.2, 0) is 9.53 Å². The van der Waals surface area contributed by atoms with Crippen LogP contribution in [0.3, 0.4) is 0 Å². The Morgan fingerprint density at radius 1 is 1.69 bits per heavy atom. The second-order valence-corrected chi connectivity index (χ2v) is 3.17. The lowest BCUT2D eigenvalue weighted by Gasteiger charge is -2.28. The van der Waals surface area contributed by atoms with E-state index in [9.17, 15) is 4.79 Å². The maximum absolute atomic E-state index is 10.9. The summed E-state index contributed by atoms with van der Waals surface area (Å²) >= 11 is 0. The highest BCUT2D eigenvalue weighted by Crippen LogP contribution is 2.32. The third kappa shape index (κ3) is 1.26. The predicted molar refractivity (Wildman–Crippen MR) is 48.6 cm³/mol. The molecule has 2 aliphatic rings. The molecule has 1 atom stereocenters. The van der Waals surface area contributed by atoms with Crippen LogP contribution in [-0.4, -0.2) is 11.6 Å². The number of fused-ring (bicyclic) bond motifs is 1. The number of rotatable bonds is 1. The van der Waals surface area contributed by atoms with Crippen LogP contribution >= 0.6 is 0 Å². The molecule has 1 aliphatic heterocycles. The summed E-state index contributed by atoms with van der Waals surface area (Å²) in [5.74, 6) is -0.255. The second kappa shape index (κ2) is 2.76. The molecule has 0 spiro atoms. The van der Waals surface area contributed by atoms with E-state index in [1.54, 1.807) is 0 Å². The predicted octanol–water partition coefficient (Wildman–Crippen LogP) is 1.25. The minimum atomic E-state index is -0.555. The molecular formula is C10H11NO2. The number of hydrogen-bond donors (Lipinski definition) is 1. The molecule has 0 bridgehead atoms. The molecule has 1 aliphatic carbocycles. The van der Waals surface area contributed by atoms with E-state index in [-0.39, 0.29) is 5.97 Å². The highest BCUT2D eigenvalue weighted by molar-refractivity contribution is 5.68. The van der Waals surface area contributed by atoms with Crippen LogP contribution in [0.25, 0.3) is 0 Å². The number of carbonyl (C=O) groups excluding carboxylic acids is 1. The molecule has 68 valence electrons. The second-order valence-electron chi connectivity index (χ2n) is 3.17. The van der Waals surface area contributed by atoms with E-state index in [1.165, 1.54) is 6.92 Å². The van der Waals surface area contributed by atoms with E-state index in [4.69, 9.17) is 4.74 Å². The summed E-state index contributed by atoms with van der Waals surface area (Å²) < 4.78 is 5.29. The average molecular weight is 177 g/mol. The van der Waals surface area contributed by atoms with Crippen molar-refractivity contribution in [1.29, 1.82) is 0 Å². The first-order valence-electron chi connectivity index (χ1n) is 4.24. The van der Waals surface area contributed by atoms with Gasteiger partial charge in [-0.2, -0.15) is 0 Å². The molecule has 0 aromatic carbocycles. The molecule has 1 N–H and O–H groups in total. The Morgan fingerprint density at radius 3 is 3.31 bits per heavy atom. The number of nitrogens with one attached hydrogen (secondary N) is 1. The molecule has 0 saturated carbocycles. The van der Waals surface area contributed by atoms with Crippen LogP contribution in [0.15, 0.2) is 36.2 Å². The van der Waals surface area contributed by atoms with E-state index < -0.39 is 5.60 Å². The summed E-state index contributed by atoms with van der Waals surface area (Å²) in [6.07, 6.45) is 10.3. The van der Waals surface area contributed by atoms with Crippen molar-refractivity contribution in [1.82, 2.24) is 5.32 Å². The lowest BCUT2D eigenvalue weighted by molar-refractivity contribution is -0.149. The molecule has 1 unspecified atom stereocenters. The van der Waals surface area contributed by atoms with Crippen molar-refractivity contribution in [2.45, 2.75) is 18.9 Å². The van der Waals surface area contributed by atoms with E-state index in [0.29, 0.717) is 6.42 Å². The topological polar surface area (TPSA) is 38.3 Å². The molecule has 0 aromatic rings. The van der Waals surface area contributed by atoms with Gasteiger partial charge < -0.3 is 10.1 Å². The van der Waals surface area contributed by atoms with Gasteiger partial charge in [-0.05, 0) is 12.2 Å². The Hall–Kier alpha value is -1.51. The fourth-order valence-electron chi connectivity index (χ4n) is 1.64. The van der Waals surface area contributed by atoms with Crippen molar-refractivity contribution in [2.24, 2.45) is 0 Å². The number of esters is 1. The monoisotopic (exact) mass is 177 g/mol. The number of allylic oxidation sites excluding steroid dienone is 2. The van der Waals surface area contributed by atoms with Crippen LogP contribution in [0.4, 0.5) is 0 Å². The summed E-state index contributed by atoms with van der Waals surface area (Å²) in [4.78, 5) is 10.9. The summed E-state index contributed by atoms with van der Waals surface area (Å²) in [5, 5.41) is 3.06. The van der Waals surface area contributed by atoms with E-state index in [1.807, 2.05) is 30.5 Å². The third-order valence-electron chi connectivity index (χ3n) is 2.19. The Morgan fingerprint density at radius 2 is 2.54 bits per heavy atom. The molecule has 3 heteroatoms. The fraction of sp³-hybridized carbons (Fsp3) is 0.300. The highest BCUT2D eigenvalue weighted by Gasteiger charge is 2.38. The molecule has 1 heterocycles. The third-order valence-corrected chi connectivity index (χ3v) is 2.19. The van der Waals surface area contributed by atoms with Gasteiger partial charge in [0.2, 0.25) is 0 Å². The molecular weight excluding hydrogens is 166 g/mol. The number of ether oxygens (including phenoxy) is 1. The van der Waals surface area contributed by atoms with Gasteiger partial charge in [-0.25, -0.2) is 0 Å². The SMILES string of the molecule is CC(=O)OC12C=CNC1=CC=CC2. The van der Waals surface area contributed by atoms with Gasteiger partial charge in [0.25, 0.3) is 0 Å². The number of carbonyl (C=O) groups is 1. The van der Waals surface area contributed by atoms with Gasteiger partial charge in [0, 0.05) is 19.5 Å². The van der Waals surface area contributed by atoms with E-state index in [0.717, 1.165) is 5.70 Å². The van der Waals surface area contributed by atoms with Gasteiger partial charge in [-0.3, -0.25) is 4.79 Å². The van der Waals surface area contributed by atoms with Gasteiger partial charge in [0.15, 0.2) is 5.60 Å². The van der Waals surface area contributed by atoms with Crippen LogP contribution in [0.2, 0.25) is 0 Å². The lowest BCUT2D eigenvalue weighted by Crippen LogP contribution is -2.35. The normalized spacial score (nSPS) is 29.2. The first-order chi connectivity index (χ1) is 6.23. The van der Waals surface area contributed by atoms with Crippen LogP contribution in [0.1, 0.15) is 13.3 Å². The maximum Gasteiger partial charge on any atom is 0.303 e. The Kier molecular flexibility index (Phi) is 1.72. The van der Waals surface area contributed by atoms with E-state index in [2.05, 4.69) is 5.32 Å². The lowest BCUT2D eigenvalue weighted by atomic mass is 9.93. The molecule has 0 saturated heterocycles. The summed E-state index contributed by atoms with van der Waals surface area (Å²) in [6, 6.07) is 0. The minimum absolute atomic E-state index is 0.255. The van der Waals surface area contributed by atoms with Crippen LogP contribution in [0.5, 0.6) is 0 Å². The number of hydrogen-bond acceptors (Lipinski definition) is 3. The van der Waals surface area contributed by atoms with Gasteiger partial charge in [0.1, 0.15) is 0 Å². The average Bonchev–Trinajstić information content (AvgIpc) is 2.45. The van der Waals surface area contributed by atoms with Crippen LogP contribution < -0.4 is 5.32 Å². The zero-order chi connectivity index (χ0) is 9.31. The zero-order valence-corrected chi connectivity index (χ0v) is 7.41. The smallest absolute Gasteiger partial charge is 0.303 e. The maximum atomic E-state index is 10.9. The van der Waals surface area contributed by atoms with Crippen LogP contribution in [0, 0.1) is 0 Å². The van der Waals surface area contributed by atoms with Crippen molar-refractivity contribution in [2.75, 3.05) is 0 Å². The first-order valence-corrected chi connectivity index (χ1v) is 4.24. The summed E-state index contributed by atoms with van der Waals surface area (Å²) in [6.45, 7) is 1.43. The van der Waals surface area contributed by atoms with Gasteiger partial charge >= 0.3 is 5.97 Å². The van der Waals surface area contributed by atoms with Crippen molar-refractivity contribution in [3.63, 3.8) is 0 Å². The molecule has 0 fully saturated rings. The summed E-state index contributed by atoms with van der Waals surface area (Å²) in [5.41, 5.74) is 0.380. The van der Waals surface area contributed by atoms with Gasteiger partial charge in [-0.15, -0.1) is 0 Å². The molecule has 0 amide bonds. The minimum Gasteiger partial charge on any atom is -0.448 e. The van der Waals surface area contributed by atoms with Gasteiger partial charge in [-0.1, -0.05) is 12.2 Å². The Labute approximate surface area is 76.8 Å². The Balaban J connectivity index is 2.29. The fourth-order valence-corrected chi connectivity index (χ4v) is 1.64. The van der Waals surface area contributed by atoms with Crippen molar-refractivity contribution in [3.8, 4) is 0 Å². The molecule has 3 nitrogen and oxygen atoms in total. The zero-order valence-electron chi connectivity index (χ0n) is 7.41. The molecule has 2 rings (SSSR count). The molecule has 0 aromatic heterocycles. The summed E-state index contributed by atoms with van der Waals surface area (Å²) in [7, 11) is 0. The van der Waals surface area contributed by atoms with E-state index >= 15 is 0 Å². The Bertz CT molecular complexity index is 328. The first kappa shape index (κ1) is 8.10. The quantitative estimate of drug-likeness (QED) is 0.612. The molecule has 13 heavy (non-hydrogen) atoms. The highest BCUT2D eigenvalue weighted by atomic mass is 16.6. The van der Waals surface area contributed by atoms with Gasteiger partial charge in [0.05, 0.1) is 5.70 Å². The molecule has 0 radical (unpaired) electrons. The van der Waals surface area contributed by atoms with Crippen molar-refractivity contribution < 1.29 is 9.53 Å². The van der Waals surface area contributed by atoms with Crippen molar-refractivity contribution >= 4 is 5.97 Å². The van der Waals surface area contributed by atoms with Crippen molar-refractivity contribution in [3.05, 3.63) is 36.2 Å².